The van der Waals surface area contributed by atoms with Gasteiger partial charge in [-0.05, 0) is 12.1 Å². The SMILES string of the molecule is O=C(NCc1c(F)cccc1F)c1cnn2c1OCCC2. The molecular weight excluding hydrogens is 280 g/mol. The van der Waals surface area contributed by atoms with Crippen molar-refractivity contribution in [3.63, 3.8) is 0 Å². The highest BCUT2D eigenvalue weighted by molar-refractivity contribution is 5.96. The van der Waals surface area contributed by atoms with Crippen LogP contribution >= 0.6 is 0 Å². The molecule has 0 fully saturated rings. The van der Waals surface area contributed by atoms with Crippen molar-refractivity contribution in [2.24, 2.45) is 0 Å². The summed E-state index contributed by atoms with van der Waals surface area (Å²) in [4.78, 5) is 12.1. The maximum absolute atomic E-state index is 13.5. The molecule has 110 valence electrons. The van der Waals surface area contributed by atoms with Crippen LogP contribution in [0.5, 0.6) is 5.88 Å². The summed E-state index contributed by atoms with van der Waals surface area (Å²) in [5.41, 5.74) is 0.0965. The quantitative estimate of drug-likeness (QED) is 0.940. The van der Waals surface area contributed by atoms with Crippen LogP contribution in [-0.2, 0) is 13.1 Å². The molecule has 1 aliphatic heterocycles. The number of hydrogen-bond donors (Lipinski definition) is 1. The molecule has 0 unspecified atom stereocenters. The van der Waals surface area contributed by atoms with Gasteiger partial charge in [0.15, 0.2) is 0 Å². The van der Waals surface area contributed by atoms with E-state index in [1.165, 1.54) is 12.3 Å². The Morgan fingerprint density at radius 2 is 2.14 bits per heavy atom. The fourth-order valence-corrected chi connectivity index (χ4v) is 2.19. The van der Waals surface area contributed by atoms with Crippen molar-refractivity contribution < 1.29 is 18.3 Å². The third-order valence-corrected chi connectivity index (χ3v) is 3.28. The van der Waals surface area contributed by atoms with Crippen LogP contribution in [0.1, 0.15) is 22.3 Å². The molecule has 0 aliphatic carbocycles. The topological polar surface area (TPSA) is 56.2 Å². The van der Waals surface area contributed by atoms with Gasteiger partial charge in [-0.15, -0.1) is 0 Å². The lowest BCUT2D eigenvalue weighted by Gasteiger charge is -2.16. The molecule has 1 amide bonds. The number of nitrogens with zero attached hydrogens (tertiary/aromatic N) is 2. The summed E-state index contributed by atoms with van der Waals surface area (Å²) in [6, 6.07) is 3.57. The van der Waals surface area contributed by atoms with Crippen molar-refractivity contribution in [2.45, 2.75) is 19.5 Å². The Morgan fingerprint density at radius 3 is 2.90 bits per heavy atom. The van der Waals surface area contributed by atoms with E-state index in [1.807, 2.05) is 0 Å². The van der Waals surface area contributed by atoms with Gasteiger partial charge in [-0.25, -0.2) is 13.5 Å². The Morgan fingerprint density at radius 1 is 1.38 bits per heavy atom. The molecule has 2 aromatic rings. The number of nitrogens with one attached hydrogen (secondary N) is 1. The van der Waals surface area contributed by atoms with E-state index in [0.717, 1.165) is 18.6 Å². The monoisotopic (exact) mass is 293 g/mol. The Labute approximate surface area is 119 Å². The van der Waals surface area contributed by atoms with E-state index in [4.69, 9.17) is 4.74 Å². The van der Waals surface area contributed by atoms with Gasteiger partial charge in [0.25, 0.3) is 5.91 Å². The second-order valence-electron chi connectivity index (χ2n) is 4.67. The van der Waals surface area contributed by atoms with Crippen LogP contribution in [0.3, 0.4) is 0 Å². The molecule has 5 nitrogen and oxygen atoms in total. The first-order chi connectivity index (χ1) is 10.2. The molecule has 1 aliphatic rings. The molecule has 0 radical (unpaired) electrons. The number of carbonyl (C=O) groups excluding carboxylic acids is 1. The number of ether oxygens (including phenoxy) is 1. The van der Waals surface area contributed by atoms with Crippen LogP contribution in [0.4, 0.5) is 8.78 Å². The van der Waals surface area contributed by atoms with Crippen LogP contribution in [0.25, 0.3) is 0 Å². The summed E-state index contributed by atoms with van der Waals surface area (Å²) in [6.07, 6.45) is 2.23. The molecular formula is C14H13F2N3O2. The first-order valence-electron chi connectivity index (χ1n) is 6.56. The van der Waals surface area contributed by atoms with Crippen molar-refractivity contribution in [1.82, 2.24) is 15.1 Å². The fourth-order valence-electron chi connectivity index (χ4n) is 2.19. The lowest BCUT2D eigenvalue weighted by atomic mass is 10.2. The zero-order valence-electron chi connectivity index (χ0n) is 11.1. The molecule has 0 saturated heterocycles. The van der Waals surface area contributed by atoms with E-state index in [-0.39, 0.29) is 17.7 Å². The standard InChI is InChI=1S/C14H13F2N3O2/c15-11-3-1-4-12(16)9(11)7-17-13(20)10-8-18-19-5-2-6-21-14(10)19/h1,3-4,8H,2,5-7H2,(H,17,20). The average Bonchev–Trinajstić information content (AvgIpc) is 2.90. The smallest absolute Gasteiger partial charge is 0.258 e. The second kappa shape index (κ2) is 5.51. The maximum Gasteiger partial charge on any atom is 0.258 e. The van der Waals surface area contributed by atoms with Gasteiger partial charge in [0.05, 0.1) is 12.8 Å². The molecule has 1 N–H and O–H groups in total. The van der Waals surface area contributed by atoms with Crippen LogP contribution in [0.2, 0.25) is 0 Å². The van der Waals surface area contributed by atoms with E-state index in [9.17, 15) is 13.6 Å². The van der Waals surface area contributed by atoms with Gasteiger partial charge in [-0.3, -0.25) is 4.79 Å². The summed E-state index contributed by atoms with van der Waals surface area (Å²) in [5.74, 6) is -1.46. The molecule has 2 heterocycles. The van der Waals surface area contributed by atoms with Crippen LogP contribution in [0.15, 0.2) is 24.4 Å². The van der Waals surface area contributed by atoms with Gasteiger partial charge in [0.2, 0.25) is 5.88 Å². The lowest BCUT2D eigenvalue weighted by molar-refractivity contribution is 0.0943. The van der Waals surface area contributed by atoms with Gasteiger partial charge in [0.1, 0.15) is 17.2 Å². The summed E-state index contributed by atoms with van der Waals surface area (Å²) in [7, 11) is 0. The fraction of sp³-hybridized carbons (Fsp3) is 0.286. The Kier molecular flexibility index (Phi) is 3.55. The highest BCUT2D eigenvalue weighted by atomic mass is 19.1. The first kappa shape index (κ1) is 13.5. The normalized spacial score (nSPS) is 13.4. The van der Waals surface area contributed by atoms with Crippen LogP contribution in [-0.4, -0.2) is 22.3 Å². The molecule has 0 saturated carbocycles. The minimum atomic E-state index is -0.691. The van der Waals surface area contributed by atoms with E-state index < -0.39 is 17.5 Å². The number of fused-ring (bicyclic) bond motifs is 1. The minimum absolute atomic E-state index is 0.173. The highest BCUT2D eigenvalue weighted by Gasteiger charge is 2.21. The van der Waals surface area contributed by atoms with Crippen molar-refractivity contribution in [3.05, 3.63) is 47.2 Å². The molecule has 0 atom stereocenters. The van der Waals surface area contributed by atoms with E-state index in [2.05, 4.69) is 10.4 Å². The predicted octanol–water partition coefficient (Wildman–Crippen LogP) is 1.87. The molecule has 1 aromatic heterocycles. The first-order valence-corrected chi connectivity index (χ1v) is 6.56. The number of aromatic nitrogens is 2. The summed E-state index contributed by atoms with van der Waals surface area (Å²) in [6.45, 7) is 0.973. The van der Waals surface area contributed by atoms with E-state index in [0.29, 0.717) is 19.0 Å². The molecule has 0 bridgehead atoms. The summed E-state index contributed by atoms with van der Waals surface area (Å²) >= 11 is 0. The van der Waals surface area contributed by atoms with Gasteiger partial charge in [-0.1, -0.05) is 6.07 Å². The Balaban J connectivity index is 1.74. The summed E-state index contributed by atoms with van der Waals surface area (Å²) < 4.78 is 34.0. The van der Waals surface area contributed by atoms with E-state index >= 15 is 0 Å². The zero-order valence-corrected chi connectivity index (χ0v) is 11.1. The average molecular weight is 293 g/mol. The van der Waals surface area contributed by atoms with Gasteiger partial charge in [0, 0.05) is 25.1 Å². The van der Waals surface area contributed by atoms with Crippen LogP contribution < -0.4 is 10.1 Å². The third-order valence-electron chi connectivity index (χ3n) is 3.28. The highest BCUT2D eigenvalue weighted by Crippen LogP contribution is 2.22. The Bertz CT molecular complexity index is 665. The van der Waals surface area contributed by atoms with Crippen molar-refractivity contribution in [3.8, 4) is 5.88 Å². The van der Waals surface area contributed by atoms with Gasteiger partial charge in [-0.2, -0.15) is 5.10 Å². The second-order valence-corrected chi connectivity index (χ2v) is 4.67. The van der Waals surface area contributed by atoms with Crippen LogP contribution in [0, 0.1) is 11.6 Å². The van der Waals surface area contributed by atoms with Gasteiger partial charge >= 0.3 is 0 Å². The number of rotatable bonds is 3. The molecule has 0 spiro atoms. The number of amides is 1. The number of benzene rings is 1. The number of aryl methyl sites for hydroxylation is 1. The summed E-state index contributed by atoms with van der Waals surface area (Å²) in [5, 5.41) is 6.53. The predicted molar refractivity (Wildman–Crippen MR) is 69.9 cm³/mol. The maximum atomic E-state index is 13.5. The Hall–Kier alpha value is -2.44. The molecule has 21 heavy (non-hydrogen) atoms. The largest absolute Gasteiger partial charge is 0.477 e. The molecule has 3 rings (SSSR count). The van der Waals surface area contributed by atoms with Crippen molar-refractivity contribution >= 4 is 5.91 Å². The number of carbonyl (C=O) groups is 1. The third kappa shape index (κ3) is 2.58. The van der Waals surface area contributed by atoms with Crippen molar-refractivity contribution in [1.29, 1.82) is 0 Å². The number of halogens is 2. The number of hydrogen-bond acceptors (Lipinski definition) is 3. The van der Waals surface area contributed by atoms with Crippen molar-refractivity contribution in [2.75, 3.05) is 6.61 Å². The molecule has 7 heteroatoms. The van der Waals surface area contributed by atoms with E-state index in [1.54, 1.807) is 4.68 Å². The minimum Gasteiger partial charge on any atom is -0.477 e. The lowest BCUT2D eigenvalue weighted by Crippen LogP contribution is -2.25. The molecule has 1 aromatic carbocycles. The zero-order chi connectivity index (χ0) is 14.8. The van der Waals surface area contributed by atoms with Gasteiger partial charge < -0.3 is 10.1 Å².